The highest BCUT2D eigenvalue weighted by Gasteiger charge is 2.22. The molecule has 5 heteroatoms. The molecule has 1 aromatic heterocycles. The van der Waals surface area contributed by atoms with Crippen molar-refractivity contribution in [2.24, 2.45) is 5.73 Å². The van der Waals surface area contributed by atoms with E-state index in [2.05, 4.69) is 10.3 Å². The fourth-order valence-electron chi connectivity index (χ4n) is 2.34. The first kappa shape index (κ1) is 12.8. The van der Waals surface area contributed by atoms with Gasteiger partial charge >= 0.3 is 0 Å². The van der Waals surface area contributed by atoms with Crippen LogP contribution in [0, 0.1) is 0 Å². The minimum absolute atomic E-state index is 0.00343. The molecule has 1 saturated carbocycles. The van der Waals surface area contributed by atoms with Gasteiger partial charge in [0.05, 0.1) is 0 Å². The zero-order chi connectivity index (χ0) is 13.0. The van der Waals surface area contributed by atoms with Crippen LogP contribution >= 0.6 is 0 Å². The second kappa shape index (κ2) is 5.82. The summed E-state index contributed by atoms with van der Waals surface area (Å²) < 4.78 is 0. The lowest BCUT2D eigenvalue weighted by Gasteiger charge is -2.22. The normalized spacial score (nSPS) is 24.3. The highest BCUT2D eigenvalue weighted by molar-refractivity contribution is 5.92. The Bertz CT molecular complexity index is 469. The number of amides is 1. The zero-order valence-electron chi connectivity index (χ0n) is 10.3. The molecule has 2 unspecified atom stereocenters. The van der Waals surface area contributed by atoms with Gasteiger partial charge in [-0.15, -0.1) is 0 Å². The number of hydrogen-bond donors (Lipinski definition) is 3. The van der Waals surface area contributed by atoms with Crippen LogP contribution in [-0.4, -0.2) is 23.0 Å². The lowest BCUT2D eigenvalue weighted by Crippen LogP contribution is -2.47. The summed E-state index contributed by atoms with van der Waals surface area (Å²) in [4.78, 5) is 25.7. The van der Waals surface area contributed by atoms with Crippen LogP contribution in [0.3, 0.4) is 0 Å². The van der Waals surface area contributed by atoms with Crippen molar-refractivity contribution < 1.29 is 4.79 Å². The molecule has 1 aliphatic carbocycles. The summed E-state index contributed by atoms with van der Waals surface area (Å²) in [6.45, 7) is 0. The summed E-state index contributed by atoms with van der Waals surface area (Å²) in [7, 11) is 0. The third kappa shape index (κ3) is 3.20. The Hall–Kier alpha value is -1.62. The predicted octanol–water partition coefficient (Wildman–Crippen LogP) is 0.765. The number of aromatic amines is 1. The standard InChI is InChI=1S/C13H19N3O2/c14-9-5-2-1-3-6-10(9)16-13(18)11-7-4-8-12(17)15-11/h4,7-10H,1-3,5-6,14H2,(H,15,17)(H,16,18). The van der Waals surface area contributed by atoms with E-state index in [0.717, 1.165) is 25.7 Å². The van der Waals surface area contributed by atoms with Crippen LogP contribution in [0.4, 0.5) is 0 Å². The number of rotatable bonds is 2. The van der Waals surface area contributed by atoms with Crippen LogP contribution < -0.4 is 16.6 Å². The quantitative estimate of drug-likeness (QED) is 0.676. The molecule has 0 radical (unpaired) electrons. The molecule has 5 nitrogen and oxygen atoms in total. The number of H-pyrrole nitrogens is 1. The molecular formula is C13H19N3O2. The van der Waals surface area contributed by atoms with Gasteiger partial charge in [0.25, 0.3) is 5.91 Å². The van der Waals surface area contributed by atoms with Crippen LogP contribution in [0.5, 0.6) is 0 Å². The smallest absolute Gasteiger partial charge is 0.268 e. The molecule has 2 atom stereocenters. The average molecular weight is 249 g/mol. The third-order valence-electron chi connectivity index (χ3n) is 3.40. The van der Waals surface area contributed by atoms with E-state index in [-0.39, 0.29) is 23.6 Å². The number of carbonyl (C=O) groups excluding carboxylic acids is 1. The Balaban J connectivity index is 2.04. The SMILES string of the molecule is NC1CCCCCC1NC(=O)c1cccc(=O)[nH]1. The largest absolute Gasteiger partial charge is 0.346 e. The first-order valence-corrected chi connectivity index (χ1v) is 6.42. The van der Waals surface area contributed by atoms with Gasteiger partial charge in [-0.25, -0.2) is 0 Å². The maximum absolute atomic E-state index is 12.0. The summed E-state index contributed by atoms with van der Waals surface area (Å²) in [5, 5.41) is 2.92. The van der Waals surface area contributed by atoms with Gasteiger partial charge in [0.2, 0.25) is 5.56 Å². The number of nitrogens with two attached hydrogens (primary N) is 1. The lowest BCUT2D eigenvalue weighted by molar-refractivity contribution is 0.0923. The average Bonchev–Trinajstić information content (AvgIpc) is 2.55. The first-order chi connectivity index (χ1) is 8.66. The van der Waals surface area contributed by atoms with Gasteiger partial charge in [0, 0.05) is 18.2 Å². The third-order valence-corrected chi connectivity index (χ3v) is 3.40. The predicted molar refractivity (Wildman–Crippen MR) is 69.4 cm³/mol. The van der Waals surface area contributed by atoms with E-state index in [9.17, 15) is 9.59 Å². The van der Waals surface area contributed by atoms with Crippen molar-refractivity contribution in [1.29, 1.82) is 0 Å². The lowest BCUT2D eigenvalue weighted by atomic mass is 10.0. The summed E-state index contributed by atoms with van der Waals surface area (Å²) >= 11 is 0. The minimum atomic E-state index is -0.271. The van der Waals surface area contributed by atoms with Gasteiger partial charge < -0.3 is 16.0 Å². The highest BCUT2D eigenvalue weighted by Crippen LogP contribution is 2.16. The molecule has 4 N–H and O–H groups in total. The molecule has 1 heterocycles. The number of carbonyl (C=O) groups is 1. The van der Waals surface area contributed by atoms with Gasteiger partial charge in [-0.2, -0.15) is 0 Å². The molecule has 0 bridgehead atoms. The summed E-state index contributed by atoms with van der Waals surface area (Å²) in [5.41, 5.74) is 6.07. The van der Waals surface area contributed by atoms with Gasteiger partial charge in [-0.3, -0.25) is 9.59 Å². The molecule has 98 valence electrons. The Morgan fingerprint density at radius 1 is 1.28 bits per heavy atom. The first-order valence-electron chi connectivity index (χ1n) is 6.42. The zero-order valence-corrected chi connectivity index (χ0v) is 10.3. The van der Waals surface area contributed by atoms with E-state index in [4.69, 9.17) is 5.73 Å². The molecule has 18 heavy (non-hydrogen) atoms. The van der Waals surface area contributed by atoms with E-state index in [0.29, 0.717) is 5.69 Å². The summed E-state index contributed by atoms with van der Waals surface area (Å²) in [6.07, 6.45) is 5.22. The van der Waals surface area contributed by atoms with Crippen molar-refractivity contribution in [1.82, 2.24) is 10.3 Å². The molecular weight excluding hydrogens is 230 g/mol. The van der Waals surface area contributed by atoms with Crippen molar-refractivity contribution in [2.45, 2.75) is 44.2 Å². The highest BCUT2D eigenvalue weighted by atomic mass is 16.2. The number of pyridine rings is 1. The maximum Gasteiger partial charge on any atom is 0.268 e. The van der Waals surface area contributed by atoms with Crippen LogP contribution in [0.15, 0.2) is 23.0 Å². The number of hydrogen-bond acceptors (Lipinski definition) is 3. The molecule has 1 aliphatic rings. The number of nitrogens with one attached hydrogen (secondary N) is 2. The summed E-state index contributed by atoms with van der Waals surface area (Å²) in [6, 6.07) is 4.56. The van der Waals surface area contributed by atoms with Crippen LogP contribution in [-0.2, 0) is 0 Å². The monoisotopic (exact) mass is 249 g/mol. The van der Waals surface area contributed by atoms with Crippen molar-refractivity contribution in [3.63, 3.8) is 0 Å². The Kier molecular flexibility index (Phi) is 4.15. The van der Waals surface area contributed by atoms with Crippen molar-refractivity contribution >= 4 is 5.91 Å². The van der Waals surface area contributed by atoms with Crippen LogP contribution in [0.1, 0.15) is 42.6 Å². The van der Waals surface area contributed by atoms with Gasteiger partial charge in [-0.05, 0) is 18.9 Å². The minimum Gasteiger partial charge on any atom is -0.346 e. The topological polar surface area (TPSA) is 88.0 Å². The van der Waals surface area contributed by atoms with E-state index >= 15 is 0 Å². The molecule has 1 amide bonds. The molecule has 1 aromatic rings. The Morgan fingerprint density at radius 3 is 2.83 bits per heavy atom. The van der Waals surface area contributed by atoms with E-state index < -0.39 is 0 Å². The van der Waals surface area contributed by atoms with E-state index in [1.807, 2.05) is 0 Å². The molecule has 2 rings (SSSR count). The molecule has 0 aromatic carbocycles. The Labute approximate surface area is 106 Å². The Morgan fingerprint density at radius 2 is 2.06 bits per heavy atom. The molecule has 1 fully saturated rings. The van der Waals surface area contributed by atoms with Gasteiger partial charge in [-0.1, -0.05) is 25.3 Å². The van der Waals surface area contributed by atoms with Gasteiger partial charge in [0.15, 0.2) is 0 Å². The molecule has 0 aliphatic heterocycles. The van der Waals surface area contributed by atoms with Crippen molar-refractivity contribution in [3.8, 4) is 0 Å². The molecule has 0 saturated heterocycles. The van der Waals surface area contributed by atoms with Gasteiger partial charge in [0.1, 0.15) is 5.69 Å². The number of aromatic nitrogens is 1. The van der Waals surface area contributed by atoms with E-state index in [1.165, 1.54) is 12.5 Å². The second-order valence-electron chi connectivity index (χ2n) is 4.81. The fraction of sp³-hybridized carbons (Fsp3) is 0.538. The summed E-state index contributed by atoms with van der Waals surface area (Å²) in [5.74, 6) is -0.255. The fourth-order valence-corrected chi connectivity index (χ4v) is 2.34. The van der Waals surface area contributed by atoms with E-state index in [1.54, 1.807) is 12.1 Å². The van der Waals surface area contributed by atoms with Crippen LogP contribution in [0.2, 0.25) is 0 Å². The van der Waals surface area contributed by atoms with Crippen molar-refractivity contribution in [2.75, 3.05) is 0 Å². The van der Waals surface area contributed by atoms with Crippen LogP contribution in [0.25, 0.3) is 0 Å². The second-order valence-corrected chi connectivity index (χ2v) is 4.81. The maximum atomic E-state index is 12.0. The van der Waals surface area contributed by atoms with Crippen molar-refractivity contribution in [3.05, 3.63) is 34.2 Å². The molecule has 0 spiro atoms.